The van der Waals surface area contributed by atoms with Crippen LogP contribution in [0.2, 0.25) is 0 Å². The van der Waals surface area contributed by atoms with Crippen LogP contribution in [0.3, 0.4) is 0 Å². The summed E-state index contributed by atoms with van der Waals surface area (Å²) in [6.07, 6.45) is 0.245. The normalized spacial score (nSPS) is 12.1. The van der Waals surface area contributed by atoms with Crippen molar-refractivity contribution in [2.24, 2.45) is 5.73 Å². The van der Waals surface area contributed by atoms with Gasteiger partial charge < -0.3 is 21.4 Å². The van der Waals surface area contributed by atoms with Crippen LogP contribution in [0.25, 0.3) is 0 Å². The predicted octanol–water partition coefficient (Wildman–Crippen LogP) is 2.56. The van der Waals surface area contributed by atoms with Crippen molar-refractivity contribution in [3.63, 3.8) is 0 Å². The molecule has 0 radical (unpaired) electrons. The second kappa shape index (κ2) is 5.54. The fourth-order valence-electron chi connectivity index (χ4n) is 1.97. The highest BCUT2D eigenvalue weighted by Gasteiger charge is 2.15. The largest absolute Gasteiger partial charge is 0.508 e. The highest BCUT2D eigenvalue weighted by atomic mass is 16.3. The second-order valence-corrected chi connectivity index (χ2v) is 4.37. The van der Waals surface area contributed by atoms with Crippen molar-refractivity contribution in [2.75, 3.05) is 0 Å². The minimum Gasteiger partial charge on any atom is -0.508 e. The molecule has 0 saturated heterocycles. The molecule has 4 nitrogen and oxygen atoms in total. The van der Waals surface area contributed by atoms with Crippen molar-refractivity contribution in [3.8, 4) is 11.5 Å². The number of nitrogens with two attached hydrogens (primary N) is 1. The van der Waals surface area contributed by atoms with Gasteiger partial charge in [0.05, 0.1) is 0 Å². The number of hydrogen-bond acceptors (Lipinski definition) is 4. The number of phenols is 2. The van der Waals surface area contributed by atoms with Gasteiger partial charge in [-0.1, -0.05) is 30.3 Å². The van der Waals surface area contributed by atoms with Gasteiger partial charge in [0.2, 0.25) is 0 Å². The average molecular weight is 256 g/mol. The molecule has 98 valence electrons. The molecule has 0 aliphatic carbocycles. The van der Waals surface area contributed by atoms with Gasteiger partial charge in [0.15, 0.2) is 0 Å². The van der Waals surface area contributed by atoms with E-state index in [4.69, 9.17) is 11.1 Å². The Hall–Kier alpha value is -2.33. The molecule has 2 rings (SSSR count). The van der Waals surface area contributed by atoms with Crippen molar-refractivity contribution >= 4 is 5.71 Å². The van der Waals surface area contributed by atoms with Gasteiger partial charge in [-0.05, 0) is 18.2 Å². The van der Waals surface area contributed by atoms with E-state index in [0.29, 0.717) is 11.1 Å². The lowest BCUT2D eigenvalue weighted by molar-refractivity contribution is 0.462. The maximum atomic E-state index is 9.72. The molecule has 0 bridgehead atoms. The molecular weight excluding hydrogens is 240 g/mol. The van der Waals surface area contributed by atoms with E-state index in [1.165, 1.54) is 6.07 Å². The smallest absolute Gasteiger partial charge is 0.124 e. The van der Waals surface area contributed by atoms with Crippen molar-refractivity contribution < 1.29 is 10.2 Å². The van der Waals surface area contributed by atoms with E-state index in [1.54, 1.807) is 42.5 Å². The summed E-state index contributed by atoms with van der Waals surface area (Å²) in [6.45, 7) is 0. The van der Waals surface area contributed by atoms with E-state index in [1.807, 2.05) is 0 Å². The molecule has 2 aromatic rings. The van der Waals surface area contributed by atoms with Gasteiger partial charge in [0, 0.05) is 29.3 Å². The number of phenolic OH excluding ortho intramolecular Hbond substituents is 2. The number of benzene rings is 2. The molecule has 0 heterocycles. The first-order valence-electron chi connectivity index (χ1n) is 5.99. The van der Waals surface area contributed by atoms with E-state index in [-0.39, 0.29) is 23.6 Å². The summed E-state index contributed by atoms with van der Waals surface area (Å²) in [4.78, 5) is 0. The van der Waals surface area contributed by atoms with Gasteiger partial charge in [-0.2, -0.15) is 0 Å². The first-order valence-corrected chi connectivity index (χ1v) is 5.99. The molecule has 0 saturated carbocycles. The zero-order valence-electron chi connectivity index (χ0n) is 10.4. The fourth-order valence-corrected chi connectivity index (χ4v) is 1.97. The topological polar surface area (TPSA) is 90.3 Å². The molecule has 1 atom stereocenters. The number of aromatic hydroxyl groups is 2. The van der Waals surface area contributed by atoms with Crippen LogP contribution >= 0.6 is 0 Å². The molecule has 19 heavy (non-hydrogen) atoms. The third-order valence-electron chi connectivity index (χ3n) is 2.99. The Bertz CT molecular complexity index is 596. The zero-order chi connectivity index (χ0) is 13.8. The van der Waals surface area contributed by atoms with E-state index in [2.05, 4.69) is 0 Å². The first-order chi connectivity index (χ1) is 9.09. The lowest BCUT2D eigenvalue weighted by Crippen LogP contribution is -2.15. The highest BCUT2D eigenvalue weighted by molar-refractivity contribution is 6.00. The van der Waals surface area contributed by atoms with Crippen LogP contribution < -0.4 is 5.73 Å². The van der Waals surface area contributed by atoms with E-state index < -0.39 is 6.04 Å². The Labute approximate surface area is 111 Å². The summed E-state index contributed by atoms with van der Waals surface area (Å²) in [5.74, 6) is 0.192. The number of nitrogens with one attached hydrogen (secondary N) is 1. The van der Waals surface area contributed by atoms with Crippen LogP contribution in [0.5, 0.6) is 11.5 Å². The van der Waals surface area contributed by atoms with Gasteiger partial charge in [0.1, 0.15) is 11.5 Å². The van der Waals surface area contributed by atoms with Crippen molar-refractivity contribution in [2.45, 2.75) is 12.5 Å². The molecule has 5 N–H and O–H groups in total. The Morgan fingerprint density at radius 1 is 1.00 bits per heavy atom. The Morgan fingerprint density at radius 3 is 2.21 bits per heavy atom. The van der Waals surface area contributed by atoms with Gasteiger partial charge in [-0.15, -0.1) is 0 Å². The maximum absolute atomic E-state index is 9.72. The first kappa shape index (κ1) is 13.1. The molecule has 0 amide bonds. The molecule has 0 aliphatic rings. The van der Waals surface area contributed by atoms with Crippen molar-refractivity contribution in [1.82, 2.24) is 0 Å². The number of para-hydroxylation sites is 2. The summed E-state index contributed by atoms with van der Waals surface area (Å²) >= 11 is 0. The van der Waals surface area contributed by atoms with Gasteiger partial charge >= 0.3 is 0 Å². The van der Waals surface area contributed by atoms with Crippen LogP contribution in [-0.2, 0) is 0 Å². The summed E-state index contributed by atoms with van der Waals surface area (Å²) in [5, 5.41) is 27.4. The molecule has 0 aromatic heterocycles. The lowest BCUT2D eigenvalue weighted by atomic mass is 9.97. The van der Waals surface area contributed by atoms with Crippen LogP contribution in [0, 0.1) is 5.41 Å². The van der Waals surface area contributed by atoms with E-state index in [0.717, 1.165) is 0 Å². The van der Waals surface area contributed by atoms with E-state index in [9.17, 15) is 10.2 Å². The molecular formula is C15H16N2O2. The number of rotatable bonds is 4. The molecule has 0 spiro atoms. The summed E-state index contributed by atoms with van der Waals surface area (Å²) < 4.78 is 0. The molecule has 2 aromatic carbocycles. The van der Waals surface area contributed by atoms with Crippen LogP contribution in [0.4, 0.5) is 0 Å². The zero-order valence-corrected chi connectivity index (χ0v) is 10.4. The second-order valence-electron chi connectivity index (χ2n) is 4.37. The van der Waals surface area contributed by atoms with E-state index >= 15 is 0 Å². The third-order valence-corrected chi connectivity index (χ3v) is 2.99. The van der Waals surface area contributed by atoms with Gasteiger partial charge in [-0.25, -0.2) is 0 Å². The maximum Gasteiger partial charge on any atom is 0.124 e. The predicted molar refractivity (Wildman–Crippen MR) is 74.6 cm³/mol. The van der Waals surface area contributed by atoms with Gasteiger partial charge in [0.25, 0.3) is 0 Å². The molecule has 0 fully saturated rings. The number of hydrogen-bond donors (Lipinski definition) is 4. The summed E-state index contributed by atoms with van der Waals surface area (Å²) in [7, 11) is 0. The van der Waals surface area contributed by atoms with Crippen LogP contribution in [0.15, 0.2) is 48.5 Å². The Kier molecular flexibility index (Phi) is 3.82. The molecule has 1 unspecified atom stereocenters. The highest BCUT2D eigenvalue weighted by Crippen LogP contribution is 2.26. The van der Waals surface area contributed by atoms with Crippen molar-refractivity contribution in [3.05, 3.63) is 59.7 Å². The third kappa shape index (κ3) is 2.92. The lowest BCUT2D eigenvalue weighted by Gasteiger charge is -2.14. The van der Waals surface area contributed by atoms with Gasteiger partial charge in [-0.3, -0.25) is 0 Å². The fraction of sp³-hybridized carbons (Fsp3) is 0.133. The Balaban J connectivity index is 2.16. The van der Waals surface area contributed by atoms with Crippen LogP contribution in [0.1, 0.15) is 23.6 Å². The van der Waals surface area contributed by atoms with Crippen molar-refractivity contribution in [1.29, 1.82) is 5.41 Å². The quantitative estimate of drug-likeness (QED) is 0.634. The molecule has 0 aliphatic heterocycles. The molecule has 4 heteroatoms. The van der Waals surface area contributed by atoms with Crippen LogP contribution in [-0.4, -0.2) is 15.9 Å². The minimum atomic E-state index is -0.478. The monoisotopic (exact) mass is 256 g/mol. The Morgan fingerprint density at radius 2 is 1.58 bits per heavy atom. The SMILES string of the molecule is N=C(CC(N)c1ccccc1O)c1ccccc1O. The standard InChI is InChI=1S/C15H16N2O2/c16-12(10-5-1-3-7-14(10)18)9-13(17)11-6-2-4-8-15(11)19/h1-8,12,17-19H,9,16H2. The average Bonchev–Trinajstić information content (AvgIpc) is 2.39. The summed E-state index contributed by atoms with van der Waals surface area (Å²) in [6, 6.07) is 13.0. The summed E-state index contributed by atoms with van der Waals surface area (Å²) in [5.41, 5.74) is 7.31. The minimum absolute atomic E-state index is 0.0667.